The molecule has 132 valence electrons. The zero-order valence-corrected chi connectivity index (χ0v) is 15.6. The quantitative estimate of drug-likeness (QED) is 0.648. The minimum absolute atomic E-state index is 0.0934. The van der Waals surface area contributed by atoms with Crippen LogP contribution >= 0.6 is 0 Å². The predicted molar refractivity (Wildman–Crippen MR) is 101 cm³/mol. The van der Waals surface area contributed by atoms with Gasteiger partial charge in [0.05, 0.1) is 5.60 Å². The Morgan fingerprint density at radius 2 is 2.08 bits per heavy atom. The molecule has 0 aromatic carbocycles. The van der Waals surface area contributed by atoms with E-state index < -0.39 is 5.60 Å². The van der Waals surface area contributed by atoms with E-state index in [-0.39, 0.29) is 5.41 Å². The van der Waals surface area contributed by atoms with Crippen LogP contribution in [0.2, 0.25) is 0 Å². The van der Waals surface area contributed by atoms with Gasteiger partial charge in [0, 0.05) is 0 Å². The van der Waals surface area contributed by atoms with Crippen LogP contribution in [-0.2, 0) is 0 Å². The van der Waals surface area contributed by atoms with Crippen molar-refractivity contribution in [3.05, 3.63) is 36.5 Å². The number of allylic oxidation sites excluding steroid dienone is 3. The molecule has 0 spiro atoms. The van der Waals surface area contributed by atoms with Crippen molar-refractivity contribution in [2.45, 2.75) is 70.8 Å². The van der Waals surface area contributed by atoms with Crippen LogP contribution in [0, 0.1) is 35.0 Å². The molecule has 4 aliphatic rings. The second-order valence-corrected chi connectivity index (χ2v) is 9.57. The third-order valence-electron chi connectivity index (χ3n) is 8.56. The highest BCUT2D eigenvalue weighted by Crippen LogP contribution is 2.66. The molecule has 0 saturated heterocycles. The molecular formula is C23H34O. The third kappa shape index (κ3) is 2.16. The van der Waals surface area contributed by atoms with Gasteiger partial charge in [0.2, 0.25) is 0 Å². The van der Waals surface area contributed by atoms with Crippen molar-refractivity contribution in [1.82, 2.24) is 0 Å². The Kier molecular flexibility index (Phi) is 3.88. The summed E-state index contributed by atoms with van der Waals surface area (Å²) in [5.74, 6) is 3.89. The second kappa shape index (κ2) is 5.59. The smallest absolute Gasteiger partial charge is 0.0738 e. The molecule has 0 unspecified atom stereocenters. The van der Waals surface area contributed by atoms with E-state index in [0.29, 0.717) is 5.92 Å². The largest absolute Gasteiger partial charge is 0.389 e. The van der Waals surface area contributed by atoms with Crippen molar-refractivity contribution in [3.8, 4) is 0 Å². The molecule has 4 aliphatic carbocycles. The SMILES string of the molecule is C=CC[C@]1(O)CC[C@H]2[C@H]3[C@H](CC[C@@]21C)[C@H]1CCC(=C)C=C1C[C@H]3C. The standard InChI is InChI=1S/C23H34O/c1-5-10-23(24)12-9-20-21-16(3)14-17-13-15(2)6-7-18(17)19(21)8-11-22(20,23)4/h5,13,16,18-21,24H,1-2,6-12,14H2,3-4H3/t16-,18+,19-,20+,21-,22+,23+/m1/s1. The van der Waals surface area contributed by atoms with Crippen molar-refractivity contribution < 1.29 is 5.11 Å². The van der Waals surface area contributed by atoms with E-state index in [1.54, 1.807) is 5.57 Å². The zero-order valence-electron chi connectivity index (χ0n) is 15.6. The highest BCUT2D eigenvalue weighted by atomic mass is 16.3. The van der Waals surface area contributed by atoms with E-state index >= 15 is 0 Å². The van der Waals surface area contributed by atoms with Crippen molar-refractivity contribution in [2.75, 3.05) is 0 Å². The molecule has 7 atom stereocenters. The van der Waals surface area contributed by atoms with Gasteiger partial charge in [-0.1, -0.05) is 43.7 Å². The zero-order chi connectivity index (χ0) is 17.1. The van der Waals surface area contributed by atoms with Gasteiger partial charge in [0.25, 0.3) is 0 Å². The van der Waals surface area contributed by atoms with E-state index in [4.69, 9.17) is 0 Å². The van der Waals surface area contributed by atoms with E-state index in [1.807, 2.05) is 6.08 Å². The van der Waals surface area contributed by atoms with Crippen molar-refractivity contribution in [2.24, 2.45) is 35.0 Å². The molecule has 0 amide bonds. The van der Waals surface area contributed by atoms with Crippen LogP contribution in [-0.4, -0.2) is 10.7 Å². The molecule has 0 aromatic heterocycles. The van der Waals surface area contributed by atoms with Crippen LogP contribution in [0.1, 0.15) is 65.2 Å². The van der Waals surface area contributed by atoms with Crippen LogP contribution in [0.15, 0.2) is 36.5 Å². The minimum atomic E-state index is -0.513. The molecule has 1 nitrogen and oxygen atoms in total. The van der Waals surface area contributed by atoms with Gasteiger partial charge in [-0.05, 0) is 86.4 Å². The van der Waals surface area contributed by atoms with Crippen molar-refractivity contribution in [3.63, 3.8) is 0 Å². The summed E-state index contributed by atoms with van der Waals surface area (Å²) < 4.78 is 0. The van der Waals surface area contributed by atoms with E-state index in [0.717, 1.165) is 36.5 Å². The molecule has 0 aliphatic heterocycles. The van der Waals surface area contributed by atoms with E-state index in [2.05, 4.69) is 33.1 Å². The van der Waals surface area contributed by atoms with Gasteiger partial charge < -0.3 is 5.11 Å². The Bertz CT molecular complexity index is 587. The number of hydrogen-bond donors (Lipinski definition) is 1. The Morgan fingerprint density at radius 3 is 2.83 bits per heavy atom. The first-order valence-electron chi connectivity index (χ1n) is 10.1. The van der Waals surface area contributed by atoms with Crippen LogP contribution in [0.3, 0.4) is 0 Å². The summed E-state index contributed by atoms with van der Waals surface area (Å²) in [5, 5.41) is 11.4. The molecule has 0 heterocycles. The first-order valence-corrected chi connectivity index (χ1v) is 10.1. The fourth-order valence-electron chi connectivity index (χ4n) is 7.37. The Hall–Kier alpha value is -0.820. The average molecular weight is 327 g/mol. The molecule has 0 aromatic rings. The highest BCUT2D eigenvalue weighted by Gasteiger charge is 2.62. The normalized spacial score (nSPS) is 50.5. The van der Waals surface area contributed by atoms with Gasteiger partial charge in [-0.15, -0.1) is 6.58 Å². The fraction of sp³-hybridized carbons (Fsp3) is 0.739. The Balaban J connectivity index is 1.67. The van der Waals surface area contributed by atoms with Gasteiger partial charge >= 0.3 is 0 Å². The summed E-state index contributed by atoms with van der Waals surface area (Å²) in [6, 6.07) is 0. The number of hydrogen-bond acceptors (Lipinski definition) is 1. The lowest BCUT2D eigenvalue weighted by Gasteiger charge is -2.57. The molecule has 0 bridgehead atoms. The van der Waals surface area contributed by atoms with Crippen LogP contribution in [0.4, 0.5) is 0 Å². The molecule has 4 rings (SSSR count). The summed E-state index contributed by atoms with van der Waals surface area (Å²) in [4.78, 5) is 0. The fourth-order valence-corrected chi connectivity index (χ4v) is 7.37. The van der Waals surface area contributed by atoms with Gasteiger partial charge in [-0.25, -0.2) is 0 Å². The molecule has 0 radical (unpaired) electrons. The summed E-state index contributed by atoms with van der Waals surface area (Å²) in [6.45, 7) is 13.0. The van der Waals surface area contributed by atoms with Gasteiger partial charge in [-0.3, -0.25) is 0 Å². The van der Waals surface area contributed by atoms with Crippen LogP contribution < -0.4 is 0 Å². The lowest BCUT2D eigenvalue weighted by atomic mass is 9.48. The van der Waals surface area contributed by atoms with Gasteiger partial charge in [0.15, 0.2) is 0 Å². The minimum Gasteiger partial charge on any atom is -0.389 e. The lowest BCUT2D eigenvalue weighted by Crippen LogP contribution is -2.54. The monoisotopic (exact) mass is 326 g/mol. The maximum Gasteiger partial charge on any atom is 0.0738 e. The topological polar surface area (TPSA) is 20.2 Å². The van der Waals surface area contributed by atoms with Gasteiger partial charge in [0.1, 0.15) is 0 Å². The number of fused-ring (bicyclic) bond motifs is 5. The summed E-state index contributed by atoms with van der Waals surface area (Å²) >= 11 is 0. The van der Waals surface area contributed by atoms with E-state index in [9.17, 15) is 5.11 Å². The van der Waals surface area contributed by atoms with Gasteiger partial charge in [-0.2, -0.15) is 0 Å². The Labute approximate surface area is 147 Å². The third-order valence-corrected chi connectivity index (χ3v) is 8.56. The van der Waals surface area contributed by atoms with Crippen LogP contribution in [0.5, 0.6) is 0 Å². The summed E-state index contributed by atoms with van der Waals surface area (Å²) in [6.07, 6.45) is 13.6. The van der Waals surface area contributed by atoms with E-state index in [1.165, 1.54) is 44.1 Å². The number of rotatable bonds is 2. The van der Waals surface area contributed by atoms with Crippen molar-refractivity contribution >= 4 is 0 Å². The molecule has 24 heavy (non-hydrogen) atoms. The molecule has 1 N–H and O–H groups in total. The van der Waals surface area contributed by atoms with Crippen LogP contribution in [0.25, 0.3) is 0 Å². The summed E-state index contributed by atoms with van der Waals surface area (Å²) in [7, 11) is 0. The maximum absolute atomic E-state index is 11.4. The first kappa shape index (κ1) is 16.6. The Morgan fingerprint density at radius 1 is 1.29 bits per heavy atom. The average Bonchev–Trinajstić information content (AvgIpc) is 2.79. The van der Waals surface area contributed by atoms with Crippen molar-refractivity contribution in [1.29, 1.82) is 0 Å². The molecule has 3 fully saturated rings. The molecule has 1 heteroatoms. The predicted octanol–water partition coefficient (Wildman–Crippen LogP) is 5.67. The highest BCUT2D eigenvalue weighted by molar-refractivity contribution is 5.30. The lowest BCUT2D eigenvalue weighted by molar-refractivity contribution is -0.124. The maximum atomic E-state index is 11.4. The molecule has 3 saturated carbocycles. The second-order valence-electron chi connectivity index (χ2n) is 9.57. The summed E-state index contributed by atoms with van der Waals surface area (Å²) in [5.41, 5.74) is 2.62. The molecular weight excluding hydrogens is 292 g/mol. The number of aliphatic hydroxyl groups is 1. The first-order chi connectivity index (χ1) is 11.4.